The zero-order valence-corrected chi connectivity index (χ0v) is 14.4. The molecule has 2 heterocycles. The molecule has 1 atom stereocenters. The van der Waals surface area contributed by atoms with Gasteiger partial charge in [0.2, 0.25) is 5.95 Å². The van der Waals surface area contributed by atoms with Crippen LogP contribution < -0.4 is 5.32 Å². The second-order valence-electron chi connectivity index (χ2n) is 5.43. The molecule has 4 nitrogen and oxygen atoms in total. The fourth-order valence-corrected chi connectivity index (χ4v) is 3.59. The summed E-state index contributed by atoms with van der Waals surface area (Å²) in [4.78, 5) is 7.35. The summed E-state index contributed by atoms with van der Waals surface area (Å²) in [5.74, 6) is 0.944. The highest BCUT2D eigenvalue weighted by molar-refractivity contribution is 7.12. The lowest BCUT2D eigenvalue weighted by Gasteiger charge is -2.17. The Hall–Kier alpha value is -1.33. The van der Waals surface area contributed by atoms with Crippen molar-refractivity contribution in [3.05, 3.63) is 33.3 Å². The van der Waals surface area contributed by atoms with Crippen LogP contribution in [0.2, 0.25) is 0 Å². The van der Waals surface area contributed by atoms with Gasteiger partial charge in [-0.3, -0.25) is 0 Å². The van der Waals surface area contributed by atoms with Crippen molar-refractivity contribution in [2.24, 2.45) is 0 Å². The van der Waals surface area contributed by atoms with Crippen LogP contribution in [0.3, 0.4) is 0 Å². The summed E-state index contributed by atoms with van der Waals surface area (Å²) in [6.45, 7) is 10.3. The maximum atomic E-state index is 5.08. The van der Waals surface area contributed by atoms with Gasteiger partial charge in [-0.1, -0.05) is 0 Å². The van der Waals surface area contributed by atoms with Crippen LogP contribution in [0, 0.1) is 20.8 Å². The van der Waals surface area contributed by atoms with Crippen molar-refractivity contribution < 1.29 is 4.74 Å². The van der Waals surface area contributed by atoms with Crippen molar-refractivity contribution in [3.8, 4) is 0 Å². The lowest BCUT2D eigenvalue weighted by atomic mass is 10.1. The Morgan fingerprint density at radius 3 is 2.76 bits per heavy atom. The molecule has 1 unspecified atom stereocenters. The number of anilines is 1. The highest BCUT2D eigenvalue weighted by Gasteiger charge is 2.16. The molecule has 0 aliphatic rings. The van der Waals surface area contributed by atoms with Crippen LogP contribution in [0.5, 0.6) is 0 Å². The Balaban J connectivity index is 2.16. The Labute approximate surface area is 131 Å². The van der Waals surface area contributed by atoms with E-state index in [9.17, 15) is 0 Å². The molecular formula is C16H25N3OS. The minimum Gasteiger partial charge on any atom is -0.385 e. The van der Waals surface area contributed by atoms with Crippen LogP contribution in [0.25, 0.3) is 0 Å². The Morgan fingerprint density at radius 1 is 1.38 bits per heavy atom. The van der Waals surface area contributed by atoms with E-state index < -0.39 is 0 Å². The first-order chi connectivity index (χ1) is 10.0. The average molecular weight is 307 g/mol. The quantitative estimate of drug-likeness (QED) is 0.788. The van der Waals surface area contributed by atoms with Gasteiger partial charge in [0.1, 0.15) is 0 Å². The second kappa shape index (κ2) is 7.09. The molecule has 0 aromatic carbocycles. The smallest absolute Gasteiger partial charge is 0.203 e. The van der Waals surface area contributed by atoms with E-state index in [1.54, 1.807) is 7.11 Å². The SMILES string of the molecule is COCCCNc1nc(C)cn1C(C)c1cc(C)sc1C. The highest BCUT2D eigenvalue weighted by Crippen LogP contribution is 2.30. The largest absolute Gasteiger partial charge is 0.385 e. The van der Waals surface area contributed by atoms with E-state index >= 15 is 0 Å². The van der Waals surface area contributed by atoms with Crippen molar-refractivity contribution >= 4 is 17.3 Å². The van der Waals surface area contributed by atoms with E-state index in [1.807, 2.05) is 18.3 Å². The maximum absolute atomic E-state index is 5.08. The van der Waals surface area contributed by atoms with Crippen LogP contribution in [-0.2, 0) is 4.74 Å². The van der Waals surface area contributed by atoms with Crippen LogP contribution in [0.15, 0.2) is 12.3 Å². The van der Waals surface area contributed by atoms with Gasteiger partial charge in [0.25, 0.3) is 0 Å². The van der Waals surface area contributed by atoms with E-state index in [1.165, 1.54) is 15.3 Å². The van der Waals surface area contributed by atoms with Crippen LogP contribution in [0.1, 0.15) is 40.4 Å². The normalized spacial score (nSPS) is 12.6. The van der Waals surface area contributed by atoms with E-state index in [0.717, 1.165) is 31.2 Å². The molecule has 0 amide bonds. The van der Waals surface area contributed by atoms with Gasteiger partial charge < -0.3 is 14.6 Å². The number of imidazole rings is 1. The number of methoxy groups -OCH3 is 1. The molecule has 1 N–H and O–H groups in total. The molecule has 0 aliphatic heterocycles. The molecule has 2 rings (SSSR count). The molecule has 0 bridgehead atoms. The molecule has 116 valence electrons. The zero-order chi connectivity index (χ0) is 15.4. The predicted octanol–water partition coefficient (Wildman–Crippen LogP) is 3.93. The molecule has 0 fully saturated rings. The number of hydrogen-bond donors (Lipinski definition) is 1. The summed E-state index contributed by atoms with van der Waals surface area (Å²) < 4.78 is 7.32. The topological polar surface area (TPSA) is 39.1 Å². The molecule has 0 radical (unpaired) electrons. The minimum absolute atomic E-state index is 0.293. The fraction of sp³-hybridized carbons (Fsp3) is 0.562. The van der Waals surface area contributed by atoms with Gasteiger partial charge in [0.05, 0.1) is 11.7 Å². The van der Waals surface area contributed by atoms with Gasteiger partial charge >= 0.3 is 0 Å². The number of aryl methyl sites for hydroxylation is 3. The molecular weight excluding hydrogens is 282 g/mol. The summed E-state index contributed by atoms with van der Waals surface area (Å²) in [6, 6.07) is 2.58. The van der Waals surface area contributed by atoms with Gasteiger partial charge in [0, 0.05) is 36.2 Å². The molecule has 2 aromatic heterocycles. The summed E-state index contributed by atoms with van der Waals surface area (Å²) in [5, 5.41) is 3.42. The summed E-state index contributed by atoms with van der Waals surface area (Å²) in [6.07, 6.45) is 3.10. The van der Waals surface area contributed by atoms with E-state index in [2.05, 4.69) is 47.9 Å². The van der Waals surface area contributed by atoms with Gasteiger partial charge in [-0.05, 0) is 45.7 Å². The number of nitrogens with one attached hydrogen (secondary N) is 1. The first-order valence-electron chi connectivity index (χ1n) is 7.38. The third-order valence-corrected chi connectivity index (χ3v) is 4.59. The summed E-state index contributed by atoms with van der Waals surface area (Å²) in [7, 11) is 1.73. The van der Waals surface area contributed by atoms with Gasteiger partial charge in [-0.15, -0.1) is 11.3 Å². The predicted molar refractivity (Wildman–Crippen MR) is 89.6 cm³/mol. The lowest BCUT2D eigenvalue weighted by Crippen LogP contribution is -2.13. The maximum Gasteiger partial charge on any atom is 0.203 e. The fourth-order valence-electron chi connectivity index (χ4n) is 2.57. The Morgan fingerprint density at radius 2 is 2.14 bits per heavy atom. The van der Waals surface area contributed by atoms with E-state index in [4.69, 9.17) is 4.74 Å². The minimum atomic E-state index is 0.293. The van der Waals surface area contributed by atoms with Crippen LogP contribution >= 0.6 is 11.3 Å². The first-order valence-corrected chi connectivity index (χ1v) is 8.19. The molecule has 5 heteroatoms. The van der Waals surface area contributed by atoms with Crippen LogP contribution in [0.4, 0.5) is 5.95 Å². The summed E-state index contributed by atoms with van der Waals surface area (Å²) >= 11 is 1.86. The lowest BCUT2D eigenvalue weighted by molar-refractivity contribution is 0.197. The van der Waals surface area contributed by atoms with Crippen molar-refractivity contribution in [2.75, 3.05) is 25.6 Å². The molecule has 0 saturated heterocycles. The number of nitrogens with zero attached hydrogens (tertiary/aromatic N) is 2. The third kappa shape index (κ3) is 3.86. The van der Waals surface area contributed by atoms with Crippen LogP contribution in [-0.4, -0.2) is 29.8 Å². The monoisotopic (exact) mass is 307 g/mol. The number of ether oxygens (including phenoxy) is 1. The molecule has 2 aromatic rings. The van der Waals surface area contributed by atoms with E-state index in [-0.39, 0.29) is 0 Å². The zero-order valence-electron chi connectivity index (χ0n) is 13.6. The number of thiophene rings is 1. The van der Waals surface area contributed by atoms with Gasteiger partial charge in [-0.2, -0.15) is 0 Å². The third-order valence-electron chi connectivity index (χ3n) is 3.61. The van der Waals surface area contributed by atoms with Crippen molar-refractivity contribution in [1.82, 2.24) is 9.55 Å². The first kappa shape index (κ1) is 16.0. The number of aromatic nitrogens is 2. The van der Waals surface area contributed by atoms with Gasteiger partial charge in [0.15, 0.2) is 0 Å². The highest BCUT2D eigenvalue weighted by atomic mass is 32.1. The second-order valence-corrected chi connectivity index (χ2v) is 6.89. The van der Waals surface area contributed by atoms with Gasteiger partial charge in [-0.25, -0.2) is 4.98 Å². The van der Waals surface area contributed by atoms with Crippen molar-refractivity contribution in [3.63, 3.8) is 0 Å². The average Bonchev–Trinajstić information content (AvgIpc) is 2.96. The number of rotatable bonds is 7. The molecule has 0 spiro atoms. The Kier molecular flexibility index (Phi) is 5.42. The van der Waals surface area contributed by atoms with Crippen molar-refractivity contribution in [1.29, 1.82) is 0 Å². The number of hydrogen-bond acceptors (Lipinski definition) is 4. The van der Waals surface area contributed by atoms with Crippen molar-refractivity contribution in [2.45, 2.75) is 40.2 Å². The molecule has 0 aliphatic carbocycles. The molecule has 0 saturated carbocycles. The molecule has 21 heavy (non-hydrogen) atoms. The standard InChI is InChI=1S/C16H25N3OS/c1-11-10-19(16(18-11)17-7-6-8-20-5)13(3)15-9-12(2)21-14(15)4/h9-10,13H,6-8H2,1-5H3,(H,17,18). The summed E-state index contributed by atoms with van der Waals surface area (Å²) in [5.41, 5.74) is 2.43. The Bertz CT molecular complexity index is 588. The van der Waals surface area contributed by atoms with E-state index in [0.29, 0.717) is 6.04 Å².